The fourth-order valence-electron chi connectivity index (χ4n) is 2.75. The first kappa shape index (κ1) is 18.0. The summed E-state index contributed by atoms with van der Waals surface area (Å²) >= 11 is 0. The second kappa shape index (κ2) is 6.50. The number of rotatable bonds is 4. The Balaban J connectivity index is 1.82. The average molecular weight is 346 g/mol. The molecule has 0 amide bonds. The molecular weight excluding hydrogens is 322 g/mol. The lowest BCUT2D eigenvalue weighted by Gasteiger charge is -2.32. The summed E-state index contributed by atoms with van der Waals surface area (Å²) in [6, 6.07) is 5.67. The van der Waals surface area contributed by atoms with Crippen molar-refractivity contribution in [3.8, 4) is 11.5 Å². The van der Waals surface area contributed by atoms with Crippen LogP contribution in [0.5, 0.6) is 11.5 Å². The zero-order chi connectivity index (χ0) is 18.2. The predicted molar refractivity (Wildman–Crippen MR) is 96.4 cm³/mol. The summed E-state index contributed by atoms with van der Waals surface area (Å²) in [5.41, 5.74) is -0.0186. The molecule has 6 heteroatoms. The molecule has 25 heavy (non-hydrogen) atoms. The molecule has 0 bridgehead atoms. The average Bonchev–Trinajstić information content (AvgIpc) is 2.76. The Labute approximate surface area is 148 Å². The molecule has 0 saturated carbocycles. The topological polar surface area (TPSA) is 36.9 Å². The van der Waals surface area contributed by atoms with Gasteiger partial charge in [0.25, 0.3) is 0 Å². The van der Waals surface area contributed by atoms with Gasteiger partial charge >= 0.3 is 7.12 Å². The minimum absolute atomic E-state index is 0.268. The lowest BCUT2D eigenvalue weighted by Crippen LogP contribution is -2.41. The molecule has 2 aliphatic rings. The predicted octanol–water partition coefficient (Wildman–Crippen LogP) is 4.35. The van der Waals surface area contributed by atoms with Crippen molar-refractivity contribution in [2.24, 2.45) is 0 Å². The Hall–Kier alpha value is -1.79. The Morgan fingerprint density at radius 3 is 2.56 bits per heavy atom. The van der Waals surface area contributed by atoms with E-state index in [1.54, 1.807) is 0 Å². The third kappa shape index (κ3) is 3.46. The first-order valence-electron chi connectivity index (χ1n) is 8.55. The molecule has 2 heterocycles. The summed E-state index contributed by atoms with van der Waals surface area (Å²) in [5, 5.41) is 0. The van der Waals surface area contributed by atoms with Gasteiger partial charge in [0.1, 0.15) is 12.3 Å². The van der Waals surface area contributed by atoms with Crippen molar-refractivity contribution in [3.63, 3.8) is 0 Å². The van der Waals surface area contributed by atoms with Gasteiger partial charge in [0.15, 0.2) is 11.5 Å². The van der Waals surface area contributed by atoms with Gasteiger partial charge < -0.3 is 18.8 Å². The van der Waals surface area contributed by atoms with Crippen molar-refractivity contribution >= 4 is 13.2 Å². The lowest BCUT2D eigenvalue weighted by atomic mass is 9.86. The molecule has 0 spiro atoms. The van der Waals surface area contributed by atoms with Crippen LogP contribution in [0.2, 0.25) is 0 Å². The molecule has 2 aliphatic heterocycles. The number of fused-ring (bicyclic) bond motifs is 1. The van der Waals surface area contributed by atoms with Gasteiger partial charge in [0.2, 0.25) is 0 Å². The molecule has 0 aliphatic carbocycles. The van der Waals surface area contributed by atoms with E-state index in [1.807, 2.05) is 58.9 Å². The quantitative estimate of drug-likeness (QED) is 0.760. The second-order valence-electron chi connectivity index (χ2n) is 7.23. The summed E-state index contributed by atoms with van der Waals surface area (Å²) in [5.74, 6) is 1.39. The fourth-order valence-corrected chi connectivity index (χ4v) is 2.75. The van der Waals surface area contributed by atoms with Gasteiger partial charge in [0, 0.05) is 5.56 Å². The highest BCUT2D eigenvalue weighted by Gasteiger charge is 2.53. The molecule has 0 aromatic heterocycles. The van der Waals surface area contributed by atoms with E-state index in [-0.39, 0.29) is 6.61 Å². The first-order valence-corrected chi connectivity index (χ1v) is 8.55. The van der Waals surface area contributed by atoms with E-state index in [2.05, 4.69) is 0 Å². The van der Waals surface area contributed by atoms with Gasteiger partial charge in [-0.3, -0.25) is 0 Å². The Morgan fingerprint density at radius 2 is 1.92 bits per heavy atom. The molecule has 0 atom stereocenters. The summed E-state index contributed by atoms with van der Waals surface area (Å²) < 4.78 is 37.5. The minimum atomic E-state index is -0.998. The zero-order valence-corrected chi connectivity index (χ0v) is 15.4. The van der Waals surface area contributed by atoms with Gasteiger partial charge in [-0.1, -0.05) is 12.1 Å². The summed E-state index contributed by atoms with van der Waals surface area (Å²) in [6.07, 6.45) is 3.32. The SMILES string of the molecule is CCOc1cccc2c1OCC(C=C(F)B1OC(C)(C)C(C)(C)O1)=C2. The van der Waals surface area contributed by atoms with Gasteiger partial charge in [-0.15, -0.1) is 0 Å². The molecule has 1 saturated heterocycles. The van der Waals surface area contributed by atoms with E-state index < -0.39 is 24.0 Å². The maximum Gasteiger partial charge on any atom is 0.525 e. The smallest absolute Gasteiger partial charge is 0.490 e. The van der Waals surface area contributed by atoms with Crippen LogP contribution < -0.4 is 9.47 Å². The molecule has 1 fully saturated rings. The highest BCUT2D eigenvalue weighted by molar-refractivity contribution is 6.53. The molecule has 1 aromatic rings. The van der Waals surface area contributed by atoms with E-state index in [0.29, 0.717) is 23.7 Å². The summed E-state index contributed by atoms with van der Waals surface area (Å²) in [4.78, 5) is 0. The number of hydrogen-bond donors (Lipinski definition) is 0. The van der Waals surface area contributed by atoms with E-state index in [4.69, 9.17) is 18.8 Å². The second-order valence-corrected chi connectivity index (χ2v) is 7.23. The van der Waals surface area contributed by atoms with Gasteiger partial charge in [-0.05, 0) is 58.4 Å². The van der Waals surface area contributed by atoms with Crippen LogP contribution in [0.25, 0.3) is 6.08 Å². The highest BCUT2D eigenvalue weighted by Crippen LogP contribution is 2.40. The van der Waals surface area contributed by atoms with Crippen molar-refractivity contribution < 1.29 is 23.2 Å². The van der Waals surface area contributed by atoms with Gasteiger partial charge in [-0.25, -0.2) is 4.39 Å². The third-order valence-electron chi connectivity index (χ3n) is 4.83. The van der Waals surface area contributed by atoms with Crippen LogP contribution in [0.4, 0.5) is 4.39 Å². The Bertz CT molecular complexity index is 708. The fraction of sp³-hybridized carbons (Fsp3) is 0.474. The number of benzene rings is 1. The zero-order valence-electron chi connectivity index (χ0n) is 15.4. The van der Waals surface area contributed by atoms with Crippen molar-refractivity contribution in [1.82, 2.24) is 0 Å². The van der Waals surface area contributed by atoms with Gasteiger partial charge in [-0.2, -0.15) is 0 Å². The summed E-state index contributed by atoms with van der Waals surface area (Å²) in [7, 11) is -0.998. The van der Waals surface area contributed by atoms with Crippen LogP contribution in [0.1, 0.15) is 40.2 Å². The highest BCUT2D eigenvalue weighted by atomic mass is 19.1. The largest absolute Gasteiger partial charge is 0.525 e. The Kier molecular flexibility index (Phi) is 4.69. The number of para-hydroxylation sites is 1. The van der Waals surface area contributed by atoms with Crippen LogP contribution in [0, 0.1) is 0 Å². The standard InChI is InChI=1S/C19H24BFO4/c1-6-22-15-9-7-8-14-10-13(12-23-17(14)15)11-16(21)20-24-18(2,3)19(4,5)25-20/h7-11H,6,12H2,1-5H3. The van der Waals surface area contributed by atoms with Gasteiger partial charge in [0.05, 0.1) is 17.8 Å². The van der Waals surface area contributed by atoms with Crippen molar-refractivity contribution in [1.29, 1.82) is 0 Å². The maximum atomic E-state index is 14.6. The van der Waals surface area contributed by atoms with E-state index in [0.717, 1.165) is 5.56 Å². The molecule has 0 radical (unpaired) electrons. The van der Waals surface area contributed by atoms with Crippen LogP contribution >= 0.6 is 0 Å². The van der Waals surface area contributed by atoms with Crippen LogP contribution in [-0.2, 0) is 9.31 Å². The monoisotopic (exact) mass is 346 g/mol. The molecule has 0 unspecified atom stereocenters. The molecule has 4 nitrogen and oxygen atoms in total. The first-order chi connectivity index (χ1) is 11.7. The van der Waals surface area contributed by atoms with Crippen LogP contribution in [-0.4, -0.2) is 31.5 Å². The van der Waals surface area contributed by atoms with E-state index in [1.165, 1.54) is 6.08 Å². The number of ether oxygens (including phenoxy) is 2. The third-order valence-corrected chi connectivity index (χ3v) is 4.83. The Morgan fingerprint density at radius 1 is 1.24 bits per heavy atom. The van der Waals surface area contributed by atoms with E-state index >= 15 is 0 Å². The normalized spacial score (nSPS) is 21.4. The number of hydrogen-bond acceptors (Lipinski definition) is 4. The molecular formula is C19H24BFO4. The van der Waals surface area contributed by atoms with Crippen molar-refractivity contribution in [2.45, 2.75) is 45.8 Å². The number of halogens is 1. The van der Waals surface area contributed by atoms with Crippen LogP contribution in [0.3, 0.4) is 0 Å². The van der Waals surface area contributed by atoms with Crippen LogP contribution in [0.15, 0.2) is 35.6 Å². The van der Waals surface area contributed by atoms with Crippen molar-refractivity contribution in [2.75, 3.05) is 13.2 Å². The molecule has 134 valence electrons. The maximum absolute atomic E-state index is 14.6. The molecule has 1 aromatic carbocycles. The summed E-state index contributed by atoms with van der Waals surface area (Å²) in [6.45, 7) is 10.3. The van der Waals surface area contributed by atoms with E-state index in [9.17, 15) is 4.39 Å². The lowest BCUT2D eigenvalue weighted by molar-refractivity contribution is 0.00578. The minimum Gasteiger partial charge on any atom is -0.490 e. The molecule has 0 N–H and O–H groups in total. The van der Waals surface area contributed by atoms with Crippen molar-refractivity contribution in [3.05, 3.63) is 41.1 Å². The molecule has 3 rings (SSSR count).